The Labute approximate surface area is 78.8 Å². The van der Waals surface area contributed by atoms with Crippen molar-refractivity contribution in [3.05, 3.63) is 34.8 Å². The first-order chi connectivity index (χ1) is 5.79. The van der Waals surface area contributed by atoms with Gasteiger partial charge in [0.1, 0.15) is 0 Å². The average Bonchev–Trinajstić information content (AvgIpc) is 2.09. The van der Waals surface area contributed by atoms with E-state index in [4.69, 9.17) is 0 Å². The molecule has 0 heterocycles. The zero-order chi connectivity index (χ0) is 8.97. The van der Waals surface area contributed by atoms with Gasteiger partial charge in [-0.25, -0.2) is 4.79 Å². The van der Waals surface area contributed by atoms with Crippen LogP contribution in [0.15, 0.2) is 34.2 Å². The van der Waals surface area contributed by atoms with Gasteiger partial charge in [0, 0.05) is 0 Å². The maximum atomic E-state index is 9.99. The van der Waals surface area contributed by atoms with E-state index < -0.39 is 0 Å². The monoisotopic (exact) mass is 223 g/mol. The van der Waals surface area contributed by atoms with Crippen molar-refractivity contribution in [3.8, 4) is 0 Å². The summed E-state index contributed by atoms with van der Waals surface area (Å²) in [5.41, 5.74) is 1.48. The van der Waals surface area contributed by atoms with E-state index in [1.54, 1.807) is 18.2 Å². The van der Waals surface area contributed by atoms with Crippen molar-refractivity contribution in [1.29, 1.82) is 0 Å². The van der Waals surface area contributed by atoms with E-state index in [9.17, 15) is 4.79 Å². The summed E-state index contributed by atoms with van der Waals surface area (Å²) in [6.07, 6.45) is 3.18. The molecule has 12 heavy (non-hydrogen) atoms. The molecule has 0 unspecified atom stereocenters. The molecule has 0 N–H and O–H groups in total. The SMILES string of the molecule is C=Cc1cccc(N=C=O)c1Br. The normalized spacial score (nSPS) is 8.75. The van der Waals surface area contributed by atoms with Crippen LogP contribution in [0.2, 0.25) is 0 Å². The van der Waals surface area contributed by atoms with Crippen molar-refractivity contribution in [1.82, 2.24) is 0 Å². The number of halogens is 1. The van der Waals surface area contributed by atoms with Crippen LogP contribution in [0, 0.1) is 0 Å². The first kappa shape index (κ1) is 8.91. The van der Waals surface area contributed by atoms with E-state index in [0.717, 1.165) is 10.0 Å². The molecule has 0 saturated heterocycles. The summed E-state index contributed by atoms with van der Waals surface area (Å²) in [6.45, 7) is 3.62. The molecule has 0 spiro atoms. The summed E-state index contributed by atoms with van der Waals surface area (Å²) in [5.74, 6) is 0. The van der Waals surface area contributed by atoms with Crippen molar-refractivity contribution in [2.75, 3.05) is 0 Å². The summed E-state index contributed by atoms with van der Waals surface area (Å²) in [7, 11) is 0. The summed E-state index contributed by atoms with van der Waals surface area (Å²) in [4.78, 5) is 13.5. The molecule has 0 aliphatic heterocycles. The summed E-state index contributed by atoms with van der Waals surface area (Å²) in [5, 5.41) is 0. The van der Waals surface area contributed by atoms with E-state index in [2.05, 4.69) is 27.5 Å². The first-order valence-corrected chi connectivity index (χ1v) is 4.07. The second kappa shape index (κ2) is 4.00. The Morgan fingerprint density at radius 1 is 1.58 bits per heavy atom. The number of nitrogens with zero attached hydrogens (tertiary/aromatic N) is 1. The summed E-state index contributed by atoms with van der Waals surface area (Å²) >= 11 is 3.30. The highest BCUT2D eigenvalue weighted by Gasteiger charge is 2.00. The van der Waals surface area contributed by atoms with Gasteiger partial charge < -0.3 is 0 Å². The fourth-order valence-corrected chi connectivity index (χ4v) is 1.35. The molecule has 1 aromatic carbocycles. The molecule has 0 fully saturated rings. The lowest BCUT2D eigenvalue weighted by molar-refractivity contribution is 0.565. The van der Waals surface area contributed by atoms with Crippen LogP contribution in [0.4, 0.5) is 5.69 Å². The lowest BCUT2D eigenvalue weighted by Crippen LogP contribution is -1.74. The zero-order valence-electron chi connectivity index (χ0n) is 6.25. The standard InChI is InChI=1S/C9H6BrNO/c1-2-7-4-3-5-8(9(7)10)11-6-12/h2-5H,1H2. The van der Waals surface area contributed by atoms with E-state index in [1.807, 2.05) is 6.07 Å². The average molecular weight is 224 g/mol. The fraction of sp³-hybridized carbons (Fsp3) is 0. The molecule has 1 rings (SSSR count). The maximum absolute atomic E-state index is 9.99. The third-order valence-electron chi connectivity index (χ3n) is 1.39. The molecule has 2 nitrogen and oxygen atoms in total. The van der Waals surface area contributed by atoms with E-state index in [-0.39, 0.29) is 0 Å². The van der Waals surface area contributed by atoms with Gasteiger partial charge in [0.15, 0.2) is 0 Å². The molecule has 0 saturated carbocycles. The molecule has 0 aliphatic carbocycles. The number of rotatable bonds is 2. The van der Waals surface area contributed by atoms with Gasteiger partial charge in [-0.2, -0.15) is 4.99 Å². The van der Waals surface area contributed by atoms with E-state index in [1.165, 1.54) is 6.08 Å². The van der Waals surface area contributed by atoms with Crippen LogP contribution in [0.25, 0.3) is 6.08 Å². The zero-order valence-corrected chi connectivity index (χ0v) is 7.84. The Bertz CT molecular complexity index is 354. The highest BCUT2D eigenvalue weighted by atomic mass is 79.9. The molecule has 0 bridgehead atoms. The molecule has 1 aromatic rings. The van der Waals surface area contributed by atoms with Gasteiger partial charge in [-0.3, -0.25) is 0 Å². The molecule has 0 amide bonds. The molecule has 60 valence electrons. The molecule has 0 atom stereocenters. The van der Waals surface area contributed by atoms with Gasteiger partial charge in [0.25, 0.3) is 0 Å². The Hall–Kier alpha value is -1.18. The number of benzene rings is 1. The predicted octanol–water partition coefficient (Wildman–Crippen LogP) is 3.06. The van der Waals surface area contributed by atoms with Gasteiger partial charge in [-0.05, 0) is 27.6 Å². The Kier molecular flexibility index (Phi) is 2.97. The third-order valence-corrected chi connectivity index (χ3v) is 2.26. The highest BCUT2D eigenvalue weighted by molar-refractivity contribution is 9.10. The largest absolute Gasteiger partial charge is 0.240 e. The highest BCUT2D eigenvalue weighted by Crippen LogP contribution is 2.28. The number of hydrogen-bond acceptors (Lipinski definition) is 2. The Morgan fingerprint density at radius 3 is 2.92 bits per heavy atom. The lowest BCUT2D eigenvalue weighted by Gasteiger charge is -1.99. The van der Waals surface area contributed by atoms with Gasteiger partial charge in [0.2, 0.25) is 6.08 Å². The molecule has 0 aliphatic rings. The summed E-state index contributed by atoms with van der Waals surface area (Å²) < 4.78 is 0.767. The first-order valence-electron chi connectivity index (χ1n) is 3.28. The number of hydrogen-bond donors (Lipinski definition) is 0. The van der Waals surface area contributed by atoms with Crippen molar-refractivity contribution in [2.24, 2.45) is 4.99 Å². The molecular weight excluding hydrogens is 218 g/mol. The van der Waals surface area contributed by atoms with Crippen LogP contribution in [0.3, 0.4) is 0 Å². The number of aliphatic imine (C=N–C) groups is 1. The minimum atomic E-state index is 0.572. The molecule has 3 heteroatoms. The molecule has 0 aromatic heterocycles. The summed E-state index contributed by atoms with van der Waals surface area (Å²) in [6, 6.07) is 5.40. The van der Waals surface area contributed by atoms with Crippen LogP contribution in [-0.4, -0.2) is 6.08 Å². The van der Waals surface area contributed by atoms with E-state index >= 15 is 0 Å². The van der Waals surface area contributed by atoms with Crippen molar-refractivity contribution < 1.29 is 4.79 Å². The van der Waals surface area contributed by atoms with Crippen LogP contribution in [0.5, 0.6) is 0 Å². The smallest absolute Gasteiger partial charge is 0.211 e. The quantitative estimate of drug-likeness (QED) is 0.560. The van der Waals surface area contributed by atoms with Gasteiger partial charge >= 0.3 is 0 Å². The number of carbonyl (C=O) groups excluding carboxylic acids is 1. The van der Waals surface area contributed by atoms with E-state index in [0.29, 0.717) is 5.69 Å². The van der Waals surface area contributed by atoms with Crippen LogP contribution in [0.1, 0.15) is 5.56 Å². The second-order valence-corrected chi connectivity index (χ2v) is 2.88. The lowest BCUT2D eigenvalue weighted by atomic mass is 10.2. The topological polar surface area (TPSA) is 29.4 Å². The van der Waals surface area contributed by atoms with Crippen molar-refractivity contribution in [3.63, 3.8) is 0 Å². The Balaban J connectivity index is 3.31. The maximum Gasteiger partial charge on any atom is 0.240 e. The fourth-order valence-electron chi connectivity index (χ4n) is 0.830. The number of isocyanates is 1. The Morgan fingerprint density at radius 2 is 2.33 bits per heavy atom. The van der Waals surface area contributed by atoms with Crippen LogP contribution < -0.4 is 0 Å². The van der Waals surface area contributed by atoms with Crippen molar-refractivity contribution >= 4 is 33.8 Å². The minimum absolute atomic E-state index is 0.572. The van der Waals surface area contributed by atoms with Gasteiger partial charge in [0.05, 0.1) is 10.2 Å². The molecular formula is C9H6BrNO. The third kappa shape index (κ3) is 1.70. The van der Waals surface area contributed by atoms with Crippen LogP contribution in [-0.2, 0) is 4.79 Å². The minimum Gasteiger partial charge on any atom is -0.211 e. The van der Waals surface area contributed by atoms with Crippen molar-refractivity contribution in [2.45, 2.75) is 0 Å². The second-order valence-electron chi connectivity index (χ2n) is 2.09. The van der Waals surface area contributed by atoms with Crippen LogP contribution >= 0.6 is 15.9 Å². The predicted molar refractivity (Wildman–Crippen MR) is 52.0 cm³/mol. The van der Waals surface area contributed by atoms with Gasteiger partial charge in [-0.1, -0.05) is 24.8 Å². The molecule has 0 radical (unpaired) electrons. The van der Waals surface area contributed by atoms with Gasteiger partial charge in [-0.15, -0.1) is 0 Å².